The van der Waals surface area contributed by atoms with E-state index in [1.807, 2.05) is 16.9 Å². The summed E-state index contributed by atoms with van der Waals surface area (Å²) in [6.07, 6.45) is 5.38. The standard InChI is InChI=1S/C10H12N4/c1-8(2)14-7-4-9(13-14)10-11-5-3-6-12-10/h3-8H,1-2H3. The number of nitrogens with zero attached hydrogens (tertiary/aromatic N) is 4. The average molecular weight is 188 g/mol. The lowest BCUT2D eigenvalue weighted by Crippen LogP contribution is -2.01. The van der Waals surface area contributed by atoms with Crippen molar-refractivity contribution in [1.82, 2.24) is 19.7 Å². The highest BCUT2D eigenvalue weighted by atomic mass is 15.3. The third kappa shape index (κ3) is 1.64. The van der Waals surface area contributed by atoms with Crippen LogP contribution in [0.2, 0.25) is 0 Å². The van der Waals surface area contributed by atoms with E-state index in [9.17, 15) is 0 Å². The lowest BCUT2D eigenvalue weighted by molar-refractivity contribution is 0.533. The van der Waals surface area contributed by atoms with Gasteiger partial charge in [0.1, 0.15) is 5.69 Å². The van der Waals surface area contributed by atoms with Gasteiger partial charge in [-0.1, -0.05) is 0 Å². The maximum Gasteiger partial charge on any atom is 0.179 e. The summed E-state index contributed by atoms with van der Waals surface area (Å²) in [5.41, 5.74) is 0.819. The number of hydrogen-bond acceptors (Lipinski definition) is 3. The maximum absolute atomic E-state index is 4.37. The van der Waals surface area contributed by atoms with Gasteiger partial charge in [-0.3, -0.25) is 4.68 Å². The predicted molar refractivity (Wildman–Crippen MR) is 53.6 cm³/mol. The molecule has 4 heteroatoms. The highest BCUT2D eigenvalue weighted by molar-refractivity contribution is 5.46. The summed E-state index contributed by atoms with van der Waals surface area (Å²) in [4.78, 5) is 8.27. The van der Waals surface area contributed by atoms with Crippen LogP contribution in [0.15, 0.2) is 30.7 Å². The molecule has 0 aliphatic rings. The molecule has 0 radical (unpaired) electrons. The molecule has 0 aliphatic carbocycles. The zero-order valence-corrected chi connectivity index (χ0v) is 8.25. The summed E-state index contributed by atoms with van der Waals surface area (Å²) in [5.74, 6) is 0.673. The molecule has 2 aromatic heterocycles. The molecular weight excluding hydrogens is 176 g/mol. The van der Waals surface area contributed by atoms with Crippen LogP contribution >= 0.6 is 0 Å². The van der Waals surface area contributed by atoms with Gasteiger partial charge in [-0.25, -0.2) is 9.97 Å². The van der Waals surface area contributed by atoms with E-state index in [-0.39, 0.29) is 0 Å². The second kappa shape index (κ2) is 3.57. The Labute approximate surface area is 82.6 Å². The van der Waals surface area contributed by atoms with Crippen LogP contribution in [0.3, 0.4) is 0 Å². The van der Waals surface area contributed by atoms with Crippen molar-refractivity contribution in [3.63, 3.8) is 0 Å². The Balaban J connectivity index is 2.34. The van der Waals surface area contributed by atoms with Gasteiger partial charge in [0.2, 0.25) is 0 Å². The molecule has 0 spiro atoms. The first-order valence-corrected chi connectivity index (χ1v) is 4.60. The van der Waals surface area contributed by atoms with Crippen molar-refractivity contribution in [2.75, 3.05) is 0 Å². The van der Waals surface area contributed by atoms with Crippen LogP contribution in [0.1, 0.15) is 19.9 Å². The van der Waals surface area contributed by atoms with Crippen molar-refractivity contribution in [2.45, 2.75) is 19.9 Å². The first-order valence-electron chi connectivity index (χ1n) is 4.60. The lowest BCUT2D eigenvalue weighted by Gasteiger charge is -2.03. The van der Waals surface area contributed by atoms with E-state index in [1.54, 1.807) is 18.5 Å². The minimum absolute atomic E-state index is 0.368. The summed E-state index contributed by atoms with van der Waals surface area (Å²) in [5, 5.41) is 4.37. The van der Waals surface area contributed by atoms with Crippen molar-refractivity contribution in [3.05, 3.63) is 30.7 Å². The van der Waals surface area contributed by atoms with Crippen LogP contribution in [-0.2, 0) is 0 Å². The average Bonchev–Trinajstić information content (AvgIpc) is 2.68. The van der Waals surface area contributed by atoms with Crippen LogP contribution in [0, 0.1) is 0 Å². The van der Waals surface area contributed by atoms with Crippen LogP contribution in [-0.4, -0.2) is 19.7 Å². The zero-order valence-electron chi connectivity index (χ0n) is 8.25. The number of rotatable bonds is 2. The van der Waals surface area contributed by atoms with Gasteiger partial charge in [-0.15, -0.1) is 0 Å². The monoisotopic (exact) mass is 188 g/mol. The fraction of sp³-hybridized carbons (Fsp3) is 0.300. The highest BCUT2D eigenvalue weighted by Crippen LogP contribution is 2.12. The topological polar surface area (TPSA) is 43.6 Å². The minimum atomic E-state index is 0.368. The smallest absolute Gasteiger partial charge is 0.179 e. The van der Waals surface area contributed by atoms with Gasteiger partial charge < -0.3 is 0 Å². The van der Waals surface area contributed by atoms with Gasteiger partial charge in [0.25, 0.3) is 0 Å². The lowest BCUT2D eigenvalue weighted by atomic mass is 10.4. The predicted octanol–water partition coefficient (Wildman–Crippen LogP) is 1.92. The van der Waals surface area contributed by atoms with Crippen LogP contribution in [0.4, 0.5) is 0 Å². The van der Waals surface area contributed by atoms with E-state index in [0.717, 1.165) is 5.69 Å². The summed E-state index contributed by atoms with van der Waals surface area (Å²) in [7, 11) is 0. The van der Waals surface area contributed by atoms with Crippen LogP contribution in [0.5, 0.6) is 0 Å². The fourth-order valence-corrected chi connectivity index (χ4v) is 1.18. The molecule has 2 heterocycles. The number of aromatic nitrogens is 4. The van der Waals surface area contributed by atoms with Crippen molar-refractivity contribution in [2.24, 2.45) is 0 Å². The summed E-state index contributed by atoms with van der Waals surface area (Å²) in [6.45, 7) is 4.17. The Hall–Kier alpha value is -1.71. The van der Waals surface area contributed by atoms with E-state index in [1.165, 1.54) is 0 Å². The first kappa shape index (κ1) is 8.87. The summed E-state index contributed by atoms with van der Waals surface area (Å²) >= 11 is 0. The molecular formula is C10H12N4. The third-order valence-corrected chi connectivity index (χ3v) is 1.93. The second-order valence-corrected chi connectivity index (χ2v) is 3.35. The van der Waals surface area contributed by atoms with E-state index in [4.69, 9.17) is 0 Å². The van der Waals surface area contributed by atoms with Gasteiger partial charge >= 0.3 is 0 Å². The van der Waals surface area contributed by atoms with Crippen molar-refractivity contribution < 1.29 is 0 Å². The molecule has 0 saturated heterocycles. The molecule has 14 heavy (non-hydrogen) atoms. The van der Waals surface area contributed by atoms with E-state index < -0.39 is 0 Å². The Morgan fingerprint density at radius 3 is 2.50 bits per heavy atom. The normalized spacial score (nSPS) is 10.8. The molecule has 0 aromatic carbocycles. The Morgan fingerprint density at radius 1 is 1.21 bits per heavy atom. The second-order valence-electron chi connectivity index (χ2n) is 3.35. The van der Waals surface area contributed by atoms with E-state index in [0.29, 0.717) is 11.9 Å². The molecule has 0 amide bonds. The quantitative estimate of drug-likeness (QED) is 0.723. The van der Waals surface area contributed by atoms with Gasteiger partial charge in [-0.2, -0.15) is 5.10 Å². The Kier molecular flexibility index (Phi) is 2.26. The van der Waals surface area contributed by atoms with E-state index in [2.05, 4.69) is 28.9 Å². The SMILES string of the molecule is CC(C)n1ccc(-c2ncccn2)n1. The molecule has 0 N–H and O–H groups in total. The van der Waals surface area contributed by atoms with Gasteiger partial charge in [0.05, 0.1) is 0 Å². The van der Waals surface area contributed by atoms with Gasteiger partial charge in [0.15, 0.2) is 5.82 Å². The molecule has 72 valence electrons. The molecule has 0 atom stereocenters. The largest absolute Gasteiger partial charge is 0.270 e. The number of hydrogen-bond donors (Lipinski definition) is 0. The minimum Gasteiger partial charge on any atom is -0.270 e. The zero-order chi connectivity index (χ0) is 9.97. The van der Waals surface area contributed by atoms with E-state index >= 15 is 0 Å². The first-order chi connectivity index (χ1) is 6.77. The van der Waals surface area contributed by atoms with Gasteiger partial charge in [0, 0.05) is 24.6 Å². The van der Waals surface area contributed by atoms with Crippen LogP contribution in [0.25, 0.3) is 11.5 Å². The molecule has 0 unspecified atom stereocenters. The van der Waals surface area contributed by atoms with Gasteiger partial charge in [-0.05, 0) is 26.0 Å². The van der Waals surface area contributed by atoms with Crippen molar-refractivity contribution in [3.8, 4) is 11.5 Å². The van der Waals surface area contributed by atoms with Crippen molar-refractivity contribution >= 4 is 0 Å². The highest BCUT2D eigenvalue weighted by Gasteiger charge is 2.05. The molecule has 2 rings (SSSR count). The Morgan fingerprint density at radius 2 is 1.93 bits per heavy atom. The summed E-state index contributed by atoms with van der Waals surface area (Å²) < 4.78 is 1.89. The molecule has 0 saturated carbocycles. The van der Waals surface area contributed by atoms with Crippen molar-refractivity contribution in [1.29, 1.82) is 0 Å². The maximum atomic E-state index is 4.37. The summed E-state index contributed by atoms with van der Waals surface area (Å²) in [6, 6.07) is 4.09. The Bertz CT molecular complexity index is 405. The molecule has 4 nitrogen and oxygen atoms in total. The molecule has 2 aromatic rings. The molecule has 0 aliphatic heterocycles. The van der Waals surface area contributed by atoms with Crippen LogP contribution < -0.4 is 0 Å². The molecule has 0 bridgehead atoms. The fourth-order valence-electron chi connectivity index (χ4n) is 1.18. The third-order valence-electron chi connectivity index (χ3n) is 1.93. The molecule has 0 fully saturated rings.